The molecule has 12 heteroatoms. The van der Waals surface area contributed by atoms with Gasteiger partial charge < -0.3 is 19.4 Å². The standard InChI is InChI=1S/C17H24ClN3O7S/c1-8(13(24)26-16(2,3)4)28-21-10(12(22)23)9-11(18)29-14(19-9)20-15(25)27-17(5,6)7/h8H,1-7H3,(H,22,23)(H,19,20,25)/b21-10-/t8-/m0/s1. The monoisotopic (exact) mass is 449 g/mol. The highest BCUT2D eigenvalue weighted by molar-refractivity contribution is 7.20. The van der Waals surface area contributed by atoms with Crippen LogP contribution < -0.4 is 5.32 Å². The van der Waals surface area contributed by atoms with Gasteiger partial charge in [0.2, 0.25) is 11.8 Å². The topological polar surface area (TPSA) is 136 Å². The van der Waals surface area contributed by atoms with Crippen molar-refractivity contribution in [3.8, 4) is 0 Å². The van der Waals surface area contributed by atoms with Gasteiger partial charge in [0.15, 0.2) is 5.13 Å². The van der Waals surface area contributed by atoms with Gasteiger partial charge in [-0.15, -0.1) is 0 Å². The second-order valence-corrected chi connectivity index (χ2v) is 9.40. The molecule has 0 saturated heterocycles. The first-order valence-electron chi connectivity index (χ1n) is 8.45. The van der Waals surface area contributed by atoms with Gasteiger partial charge in [-0.1, -0.05) is 28.1 Å². The fourth-order valence-corrected chi connectivity index (χ4v) is 2.67. The number of rotatable bonds is 6. The Kier molecular flexibility index (Phi) is 7.98. The Balaban J connectivity index is 2.98. The molecule has 0 radical (unpaired) electrons. The van der Waals surface area contributed by atoms with Gasteiger partial charge >= 0.3 is 18.0 Å². The van der Waals surface area contributed by atoms with Crippen LogP contribution >= 0.6 is 22.9 Å². The van der Waals surface area contributed by atoms with Crippen LogP contribution in [0.4, 0.5) is 9.93 Å². The van der Waals surface area contributed by atoms with Crippen molar-refractivity contribution in [2.75, 3.05) is 5.32 Å². The van der Waals surface area contributed by atoms with E-state index >= 15 is 0 Å². The molecule has 1 aromatic heterocycles. The van der Waals surface area contributed by atoms with Crippen LogP contribution in [0, 0.1) is 0 Å². The number of thiazole rings is 1. The van der Waals surface area contributed by atoms with Gasteiger partial charge in [0.25, 0.3) is 0 Å². The molecule has 0 aliphatic rings. The van der Waals surface area contributed by atoms with E-state index in [-0.39, 0.29) is 15.2 Å². The first-order chi connectivity index (χ1) is 13.1. The van der Waals surface area contributed by atoms with Crippen LogP contribution in [0.15, 0.2) is 5.16 Å². The molecule has 1 atom stereocenters. The molecule has 0 aliphatic heterocycles. The van der Waals surface area contributed by atoms with E-state index in [4.69, 9.17) is 25.9 Å². The number of esters is 1. The Labute approximate surface area is 177 Å². The first kappa shape index (κ1) is 24.6. The number of amides is 1. The second kappa shape index (κ2) is 9.40. The number of carboxylic acid groups (broad SMARTS) is 1. The van der Waals surface area contributed by atoms with Crippen LogP contribution in [0.3, 0.4) is 0 Å². The van der Waals surface area contributed by atoms with E-state index in [1.54, 1.807) is 41.5 Å². The highest BCUT2D eigenvalue weighted by Gasteiger charge is 2.27. The number of halogens is 1. The predicted octanol–water partition coefficient (Wildman–Crippen LogP) is 3.68. The van der Waals surface area contributed by atoms with Gasteiger partial charge in [-0.25, -0.2) is 19.4 Å². The number of anilines is 1. The Morgan fingerprint density at radius 1 is 1.14 bits per heavy atom. The molecule has 0 bridgehead atoms. The molecule has 1 heterocycles. The number of carbonyl (C=O) groups excluding carboxylic acids is 2. The molecule has 0 fully saturated rings. The van der Waals surface area contributed by atoms with Gasteiger partial charge in [0, 0.05) is 0 Å². The molecule has 162 valence electrons. The summed E-state index contributed by atoms with van der Waals surface area (Å²) in [7, 11) is 0. The van der Waals surface area contributed by atoms with E-state index in [1.165, 1.54) is 6.92 Å². The van der Waals surface area contributed by atoms with Crippen molar-refractivity contribution < 1.29 is 33.8 Å². The van der Waals surface area contributed by atoms with E-state index in [9.17, 15) is 19.5 Å². The van der Waals surface area contributed by atoms with E-state index in [2.05, 4.69) is 15.5 Å². The number of carboxylic acids is 1. The SMILES string of the molecule is C[C@H](O/N=C(\C(=O)O)c1nc(NC(=O)OC(C)(C)C)sc1Cl)C(=O)OC(C)(C)C. The third-order valence-electron chi connectivity index (χ3n) is 2.66. The maximum Gasteiger partial charge on any atom is 0.413 e. The molecule has 1 amide bonds. The Bertz CT molecular complexity index is 809. The summed E-state index contributed by atoms with van der Waals surface area (Å²) in [6.07, 6.45) is -1.95. The summed E-state index contributed by atoms with van der Waals surface area (Å²) in [5.74, 6) is -2.21. The third-order valence-corrected chi connectivity index (χ3v) is 3.83. The number of ether oxygens (including phenoxy) is 2. The summed E-state index contributed by atoms with van der Waals surface area (Å²) in [5.41, 5.74) is -2.34. The Morgan fingerprint density at radius 3 is 2.17 bits per heavy atom. The Morgan fingerprint density at radius 2 is 1.69 bits per heavy atom. The lowest BCUT2D eigenvalue weighted by atomic mass is 10.2. The van der Waals surface area contributed by atoms with Crippen molar-refractivity contribution in [2.45, 2.75) is 65.8 Å². The largest absolute Gasteiger partial charge is 0.476 e. The summed E-state index contributed by atoms with van der Waals surface area (Å²) in [5, 5.41) is 15.3. The zero-order valence-electron chi connectivity index (χ0n) is 17.2. The average Bonchev–Trinajstić information content (AvgIpc) is 2.83. The van der Waals surface area contributed by atoms with Gasteiger partial charge in [0.1, 0.15) is 21.2 Å². The maximum absolute atomic E-state index is 11.9. The molecular weight excluding hydrogens is 426 g/mol. The minimum absolute atomic E-state index is 0.00777. The van der Waals surface area contributed by atoms with Crippen LogP contribution in [0.25, 0.3) is 0 Å². The number of nitrogens with one attached hydrogen (secondary N) is 1. The fraction of sp³-hybridized carbons (Fsp3) is 0.588. The van der Waals surface area contributed by atoms with Crippen LogP contribution in [0.1, 0.15) is 54.2 Å². The molecule has 0 aliphatic carbocycles. The molecule has 0 saturated carbocycles. The van der Waals surface area contributed by atoms with Crippen LogP contribution in [0.5, 0.6) is 0 Å². The minimum atomic E-state index is -1.49. The van der Waals surface area contributed by atoms with Crippen LogP contribution in [-0.4, -0.2) is 51.1 Å². The predicted molar refractivity (Wildman–Crippen MR) is 108 cm³/mol. The smallest absolute Gasteiger partial charge is 0.413 e. The lowest BCUT2D eigenvalue weighted by molar-refractivity contribution is -0.167. The molecule has 1 rings (SSSR count). The van der Waals surface area contributed by atoms with E-state index in [0.717, 1.165) is 11.3 Å². The molecular formula is C17H24ClN3O7S. The third kappa shape index (κ3) is 8.65. The summed E-state index contributed by atoms with van der Waals surface area (Å²) in [4.78, 5) is 44.2. The molecule has 2 N–H and O–H groups in total. The minimum Gasteiger partial charge on any atom is -0.476 e. The molecule has 1 aromatic rings. The number of aliphatic carboxylic acids is 1. The molecule has 0 spiro atoms. The maximum atomic E-state index is 11.9. The van der Waals surface area contributed by atoms with E-state index in [1.807, 2.05) is 0 Å². The van der Waals surface area contributed by atoms with E-state index < -0.39 is 41.0 Å². The molecule has 0 unspecified atom stereocenters. The number of hydrogen-bond donors (Lipinski definition) is 2. The van der Waals surface area contributed by atoms with Crippen molar-refractivity contribution in [2.24, 2.45) is 5.16 Å². The first-order valence-corrected chi connectivity index (χ1v) is 9.65. The zero-order valence-corrected chi connectivity index (χ0v) is 18.7. The second-order valence-electron chi connectivity index (χ2n) is 7.79. The van der Waals surface area contributed by atoms with Crippen molar-refractivity contribution in [3.63, 3.8) is 0 Å². The lowest BCUT2D eigenvalue weighted by Crippen LogP contribution is -2.31. The van der Waals surface area contributed by atoms with Crippen LogP contribution in [-0.2, 0) is 23.9 Å². The summed E-state index contributed by atoms with van der Waals surface area (Å²) in [6, 6.07) is 0. The van der Waals surface area contributed by atoms with Crippen LogP contribution in [0.2, 0.25) is 4.34 Å². The summed E-state index contributed by atoms with van der Waals surface area (Å²) < 4.78 is 10.2. The van der Waals surface area contributed by atoms with Gasteiger partial charge in [0.05, 0.1) is 0 Å². The Hall–Kier alpha value is -2.40. The number of oxime groups is 1. The number of nitrogens with zero attached hydrogens (tertiary/aromatic N) is 2. The number of hydrogen-bond acceptors (Lipinski definition) is 9. The molecule has 29 heavy (non-hydrogen) atoms. The average molecular weight is 450 g/mol. The highest BCUT2D eigenvalue weighted by Crippen LogP contribution is 2.29. The zero-order chi connectivity index (χ0) is 22.6. The van der Waals surface area contributed by atoms with Crippen molar-refractivity contribution >= 4 is 51.8 Å². The van der Waals surface area contributed by atoms with Crippen molar-refractivity contribution in [1.29, 1.82) is 0 Å². The van der Waals surface area contributed by atoms with Gasteiger partial charge in [-0.2, -0.15) is 0 Å². The highest BCUT2D eigenvalue weighted by atomic mass is 35.5. The lowest BCUT2D eigenvalue weighted by Gasteiger charge is -2.21. The fourth-order valence-electron chi connectivity index (χ4n) is 1.64. The van der Waals surface area contributed by atoms with Crippen molar-refractivity contribution in [1.82, 2.24) is 4.98 Å². The quantitative estimate of drug-likeness (QED) is 0.381. The summed E-state index contributed by atoms with van der Waals surface area (Å²) in [6.45, 7) is 11.4. The number of carbonyl (C=O) groups is 3. The van der Waals surface area contributed by atoms with Gasteiger partial charge in [-0.3, -0.25) is 5.32 Å². The summed E-state index contributed by atoms with van der Waals surface area (Å²) >= 11 is 6.85. The normalized spacial score (nSPS) is 13.4. The number of aromatic nitrogens is 1. The molecule has 10 nitrogen and oxygen atoms in total. The van der Waals surface area contributed by atoms with E-state index in [0.29, 0.717) is 0 Å². The molecule has 0 aromatic carbocycles. The van der Waals surface area contributed by atoms with Crippen molar-refractivity contribution in [3.05, 3.63) is 10.0 Å². The van der Waals surface area contributed by atoms with Gasteiger partial charge in [-0.05, 0) is 48.5 Å².